The normalized spacial score (nSPS) is 13.0. The molecule has 0 saturated heterocycles. The van der Waals surface area contributed by atoms with Gasteiger partial charge in [-0.1, -0.05) is 58.7 Å². The van der Waals surface area contributed by atoms with Crippen LogP contribution in [-0.2, 0) is 0 Å². The number of aromatic nitrogens is 5. The Bertz CT molecular complexity index is 1960. The summed E-state index contributed by atoms with van der Waals surface area (Å²) in [7, 11) is 0. The van der Waals surface area contributed by atoms with Crippen molar-refractivity contribution in [3.63, 3.8) is 0 Å². The number of thiophene rings is 1. The number of hydrogen-bond donors (Lipinski definition) is 3. The van der Waals surface area contributed by atoms with E-state index in [1.807, 2.05) is 38.1 Å². The van der Waals surface area contributed by atoms with Gasteiger partial charge in [0, 0.05) is 38.3 Å². The largest absolute Gasteiger partial charge is 0.358 e. The van der Waals surface area contributed by atoms with Crippen molar-refractivity contribution in [1.82, 2.24) is 25.1 Å². The molecule has 0 radical (unpaired) electrons. The molecule has 6 nitrogen and oxygen atoms in total. The highest BCUT2D eigenvalue weighted by atomic mass is 32.1. The molecular weight excluding hydrogens is 543 g/mol. The summed E-state index contributed by atoms with van der Waals surface area (Å²) in [6.07, 6.45) is 5.86. The minimum absolute atomic E-state index is 0.0815. The van der Waals surface area contributed by atoms with Crippen molar-refractivity contribution in [1.29, 1.82) is 0 Å². The molecule has 4 heterocycles. The number of pyridine rings is 1. The second kappa shape index (κ2) is 11.4. The van der Waals surface area contributed by atoms with Crippen LogP contribution in [0.2, 0.25) is 0 Å². The minimum atomic E-state index is -0.510. The maximum absolute atomic E-state index is 16.4. The van der Waals surface area contributed by atoms with E-state index in [2.05, 4.69) is 78.1 Å². The number of anilines is 1. The lowest BCUT2D eigenvalue weighted by molar-refractivity contribution is 0.411. The van der Waals surface area contributed by atoms with Gasteiger partial charge in [0.15, 0.2) is 5.82 Å². The first-order valence-corrected chi connectivity index (χ1v) is 14.5. The average molecular weight is 579 g/mol. The fourth-order valence-electron chi connectivity index (χ4n) is 4.85. The Morgan fingerprint density at radius 2 is 1.90 bits per heavy atom. The van der Waals surface area contributed by atoms with Crippen LogP contribution in [0.1, 0.15) is 51.5 Å². The summed E-state index contributed by atoms with van der Waals surface area (Å²) in [5, 5.41) is 11.6. The Labute approximate surface area is 249 Å². The Hall–Kier alpha value is -4.56. The molecule has 0 aliphatic rings. The second-order valence-electron chi connectivity index (χ2n) is 11.6. The van der Waals surface area contributed by atoms with Crippen LogP contribution in [-0.4, -0.2) is 25.1 Å². The van der Waals surface area contributed by atoms with Gasteiger partial charge in [-0.2, -0.15) is 5.10 Å². The molecular formula is C34H35FN6S. The molecule has 0 saturated carbocycles. The number of halogens is 1. The summed E-state index contributed by atoms with van der Waals surface area (Å²) in [6.45, 7) is 22.6. The van der Waals surface area contributed by atoms with Gasteiger partial charge in [0.2, 0.25) is 0 Å². The third-order valence-electron chi connectivity index (χ3n) is 6.75. The van der Waals surface area contributed by atoms with E-state index in [1.54, 1.807) is 29.8 Å². The highest BCUT2D eigenvalue weighted by molar-refractivity contribution is 7.16. The van der Waals surface area contributed by atoms with Crippen LogP contribution in [0.5, 0.6) is 0 Å². The number of hydrogen-bond acceptors (Lipinski definition) is 5. The van der Waals surface area contributed by atoms with Gasteiger partial charge in [0.1, 0.15) is 11.5 Å². The van der Waals surface area contributed by atoms with Gasteiger partial charge in [0.25, 0.3) is 0 Å². The van der Waals surface area contributed by atoms with E-state index in [1.165, 1.54) is 0 Å². The smallest absolute Gasteiger partial charge is 0.159 e. The Morgan fingerprint density at radius 1 is 1.12 bits per heavy atom. The first kappa shape index (κ1) is 29.0. The minimum Gasteiger partial charge on any atom is -0.358 e. The summed E-state index contributed by atoms with van der Waals surface area (Å²) in [6, 6.07) is 11.9. The fourth-order valence-corrected chi connectivity index (χ4v) is 5.81. The number of benzene rings is 1. The zero-order chi connectivity index (χ0) is 30.2. The van der Waals surface area contributed by atoms with Gasteiger partial charge in [-0.25, -0.2) is 9.37 Å². The van der Waals surface area contributed by atoms with Crippen molar-refractivity contribution >= 4 is 51.1 Å². The predicted octanol–water partition coefficient (Wildman–Crippen LogP) is 8.06. The number of allylic oxidation sites excluding steroid dienone is 3. The third kappa shape index (κ3) is 5.90. The number of H-pyrrole nitrogens is 2. The van der Waals surface area contributed by atoms with Crippen molar-refractivity contribution in [2.24, 2.45) is 5.41 Å². The van der Waals surface area contributed by atoms with Crippen LogP contribution in [0.15, 0.2) is 74.2 Å². The van der Waals surface area contributed by atoms with E-state index < -0.39 is 5.83 Å². The lowest BCUT2D eigenvalue weighted by atomic mass is 9.91. The molecule has 8 heteroatoms. The van der Waals surface area contributed by atoms with E-state index in [0.717, 1.165) is 49.7 Å². The van der Waals surface area contributed by atoms with Crippen LogP contribution in [0.4, 0.5) is 10.1 Å². The van der Waals surface area contributed by atoms with Gasteiger partial charge < -0.3 is 10.3 Å². The van der Waals surface area contributed by atoms with Crippen LogP contribution in [0, 0.1) is 5.41 Å². The van der Waals surface area contributed by atoms with E-state index in [0.29, 0.717) is 27.6 Å². The first-order chi connectivity index (χ1) is 19.9. The van der Waals surface area contributed by atoms with E-state index in [-0.39, 0.29) is 11.0 Å². The van der Waals surface area contributed by atoms with E-state index in [4.69, 9.17) is 4.98 Å². The number of fused-ring (bicyclic) bond motifs is 1. The second-order valence-corrected chi connectivity index (χ2v) is 12.7. The van der Waals surface area contributed by atoms with Crippen molar-refractivity contribution in [3.8, 4) is 22.0 Å². The molecule has 0 amide bonds. The maximum Gasteiger partial charge on any atom is 0.159 e. The third-order valence-corrected chi connectivity index (χ3v) is 8.03. The zero-order valence-corrected chi connectivity index (χ0v) is 25.5. The van der Waals surface area contributed by atoms with Crippen LogP contribution in [0.3, 0.4) is 0 Å². The molecule has 0 fully saturated rings. The molecule has 0 aliphatic heterocycles. The summed E-state index contributed by atoms with van der Waals surface area (Å²) in [5.41, 5.74) is 6.41. The molecule has 42 heavy (non-hydrogen) atoms. The monoisotopic (exact) mass is 578 g/mol. The van der Waals surface area contributed by atoms with Crippen molar-refractivity contribution < 1.29 is 4.39 Å². The Balaban J connectivity index is 1.56. The number of imidazole rings is 1. The van der Waals surface area contributed by atoms with Crippen molar-refractivity contribution in [2.75, 3.05) is 5.32 Å². The van der Waals surface area contributed by atoms with Gasteiger partial charge in [-0.05, 0) is 55.5 Å². The quantitative estimate of drug-likeness (QED) is 0.174. The lowest BCUT2D eigenvalue weighted by Crippen LogP contribution is -2.26. The molecule has 0 atom stereocenters. The van der Waals surface area contributed by atoms with E-state index in [9.17, 15) is 0 Å². The fraction of sp³-hybridized carbons (Fsp3) is 0.206. The van der Waals surface area contributed by atoms with Crippen LogP contribution < -0.4 is 15.9 Å². The molecule has 1 aromatic carbocycles. The maximum atomic E-state index is 16.4. The average Bonchev–Trinajstić information content (AvgIpc) is 3.68. The highest BCUT2D eigenvalue weighted by Gasteiger charge is 2.19. The molecule has 5 aromatic rings. The number of nitrogens with zero attached hydrogens (tertiary/aromatic N) is 3. The van der Waals surface area contributed by atoms with Gasteiger partial charge in [-0.15, -0.1) is 11.3 Å². The Kier molecular flexibility index (Phi) is 7.84. The molecule has 0 unspecified atom stereocenters. The number of aromatic amines is 2. The SMILES string of the molecule is C=C(CC(C)(C)C)Nc1cncc(C(=C)/C(F)=c2/c(-c3nc4c(-c5ccc(C(=C)C)s5)cccc4[nH]3)n[nH]/c2=C/C)c1. The van der Waals surface area contributed by atoms with Gasteiger partial charge in [-0.3, -0.25) is 10.1 Å². The van der Waals surface area contributed by atoms with Crippen molar-refractivity contribution in [3.05, 3.63) is 95.2 Å². The molecule has 0 bridgehead atoms. The molecule has 0 spiro atoms. The highest BCUT2D eigenvalue weighted by Crippen LogP contribution is 2.35. The first-order valence-electron chi connectivity index (χ1n) is 13.7. The van der Waals surface area contributed by atoms with Gasteiger partial charge in [0.05, 0.1) is 33.5 Å². The molecule has 3 N–H and O–H groups in total. The van der Waals surface area contributed by atoms with E-state index >= 15 is 4.39 Å². The molecule has 214 valence electrons. The summed E-state index contributed by atoms with van der Waals surface area (Å²) in [4.78, 5) is 14.8. The van der Waals surface area contributed by atoms with Crippen LogP contribution >= 0.6 is 11.3 Å². The zero-order valence-electron chi connectivity index (χ0n) is 24.7. The predicted molar refractivity (Wildman–Crippen MR) is 176 cm³/mol. The Morgan fingerprint density at radius 3 is 2.60 bits per heavy atom. The summed E-state index contributed by atoms with van der Waals surface area (Å²) in [5.74, 6) is -0.0483. The number of rotatable bonds is 8. The summed E-state index contributed by atoms with van der Waals surface area (Å²) >= 11 is 1.67. The lowest BCUT2D eigenvalue weighted by Gasteiger charge is -2.20. The topological polar surface area (TPSA) is 82.3 Å². The number of para-hydroxylation sites is 1. The molecule has 0 aliphatic carbocycles. The number of nitrogens with one attached hydrogen (secondary N) is 3. The van der Waals surface area contributed by atoms with Crippen molar-refractivity contribution in [2.45, 2.75) is 41.0 Å². The standard InChI is InChI=1S/C34H35FN6S/c1-9-25-29(30(35)21(5)22-15-23(18-36-17-22)37-20(4)16-34(6,7)8)32(41-40-25)33-38-26-12-10-11-24(31(26)39-33)28-14-13-27(42-28)19(2)3/h9-15,17-18,37,40H,2,4-5,16H2,1,3,6-8H3,(H,38,39)/b25-9+,30-29-. The van der Waals surface area contributed by atoms with Crippen LogP contribution in [0.25, 0.3) is 56.0 Å². The molecule has 5 rings (SSSR count). The molecule has 4 aromatic heterocycles. The summed E-state index contributed by atoms with van der Waals surface area (Å²) < 4.78 is 16.4. The van der Waals surface area contributed by atoms with Gasteiger partial charge >= 0.3 is 0 Å².